The van der Waals surface area contributed by atoms with Crippen molar-refractivity contribution in [1.29, 1.82) is 0 Å². The Labute approximate surface area is 115 Å². The van der Waals surface area contributed by atoms with Crippen molar-refractivity contribution in [3.8, 4) is 0 Å². The number of fused-ring (bicyclic) bond motifs is 2. The van der Waals surface area contributed by atoms with Crippen molar-refractivity contribution in [2.75, 3.05) is 0 Å². The molecule has 2 saturated heterocycles. The fraction of sp³-hybridized carbons (Fsp3) is 0.933. The summed E-state index contributed by atoms with van der Waals surface area (Å²) in [7, 11) is 0. The quantitative estimate of drug-likeness (QED) is 0.794. The van der Waals surface area contributed by atoms with Gasteiger partial charge in [0.05, 0.1) is 18.2 Å². The summed E-state index contributed by atoms with van der Waals surface area (Å²) in [6.45, 7) is 4.38. The van der Waals surface area contributed by atoms with E-state index in [1.807, 2.05) is 0 Å². The van der Waals surface area contributed by atoms with Crippen LogP contribution in [-0.2, 0) is 9.53 Å². The summed E-state index contributed by atoms with van der Waals surface area (Å²) >= 11 is 0. The molecule has 108 valence electrons. The summed E-state index contributed by atoms with van der Waals surface area (Å²) in [4.78, 5) is 12.5. The summed E-state index contributed by atoms with van der Waals surface area (Å²) in [6, 6.07) is 0.414. The van der Waals surface area contributed by atoms with Gasteiger partial charge in [-0.25, -0.2) is 0 Å². The Morgan fingerprint density at radius 2 is 1.95 bits per heavy atom. The van der Waals surface area contributed by atoms with E-state index in [9.17, 15) is 4.79 Å². The van der Waals surface area contributed by atoms with Crippen LogP contribution in [0.4, 0.5) is 0 Å². The molecule has 2 heterocycles. The Hall–Kier alpha value is -0.610. The van der Waals surface area contributed by atoms with E-state index in [2.05, 4.69) is 19.2 Å². The number of amides is 1. The van der Waals surface area contributed by atoms with Gasteiger partial charge in [-0.15, -0.1) is 0 Å². The molecule has 7 atom stereocenters. The van der Waals surface area contributed by atoms with Gasteiger partial charge in [-0.1, -0.05) is 13.8 Å². The first kappa shape index (κ1) is 13.4. The molecule has 4 heteroatoms. The predicted octanol–water partition coefficient (Wildman–Crippen LogP) is 1.43. The molecule has 0 aromatic rings. The molecule has 1 saturated carbocycles. The molecule has 1 amide bonds. The molecule has 0 radical (unpaired) electrons. The van der Waals surface area contributed by atoms with Crippen LogP contribution in [0, 0.1) is 17.8 Å². The SMILES string of the molecule is CC1CC(C)C(C(=O)NC2CC3CCC2O3)CC1N. The van der Waals surface area contributed by atoms with Gasteiger partial charge in [-0.2, -0.15) is 0 Å². The maximum absolute atomic E-state index is 12.5. The third-order valence-electron chi connectivity index (χ3n) is 5.46. The third kappa shape index (κ3) is 2.52. The average Bonchev–Trinajstić information content (AvgIpc) is 2.95. The lowest BCUT2D eigenvalue weighted by atomic mass is 9.72. The zero-order valence-electron chi connectivity index (χ0n) is 12.0. The van der Waals surface area contributed by atoms with Crippen molar-refractivity contribution in [2.24, 2.45) is 23.5 Å². The van der Waals surface area contributed by atoms with Crippen LogP contribution in [0.2, 0.25) is 0 Å². The molecule has 2 aliphatic heterocycles. The summed E-state index contributed by atoms with van der Waals surface area (Å²) in [5.74, 6) is 1.26. The van der Waals surface area contributed by atoms with E-state index in [4.69, 9.17) is 10.5 Å². The Balaban J connectivity index is 1.58. The summed E-state index contributed by atoms with van der Waals surface area (Å²) < 4.78 is 5.80. The molecule has 0 aromatic heterocycles. The fourth-order valence-corrected chi connectivity index (χ4v) is 4.13. The lowest BCUT2D eigenvalue weighted by Crippen LogP contribution is -2.49. The number of nitrogens with one attached hydrogen (secondary N) is 1. The zero-order chi connectivity index (χ0) is 13.6. The van der Waals surface area contributed by atoms with Gasteiger partial charge in [-0.3, -0.25) is 4.79 Å². The standard InChI is InChI=1S/C15H26N2O2/c1-8-5-9(2)12(16)7-11(8)15(18)17-13-6-10-3-4-14(13)19-10/h8-14H,3-7,16H2,1-2H3,(H,17,18). The van der Waals surface area contributed by atoms with Gasteiger partial charge in [0.1, 0.15) is 0 Å². The van der Waals surface area contributed by atoms with Gasteiger partial charge >= 0.3 is 0 Å². The largest absolute Gasteiger partial charge is 0.373 e. The monoisotopic (exact) mass is 266 g/mol. The third-order valence-corrected chi connectivity index (χ3v) is 5.46. The second kappa shape index (κ2) is 5.06. The van der Waals surface area contributed by atoms with Crippen LogP contribution >= 0.6 is 0 Å². The molecule has 0 aromatic carbocycles. The average molecular weight is 266 g/mol. The topological polar surface area (TPSA) is 64.3 Å². The number of carbonyl (C=O) groups excluding carboxylic acids is 1. The van der Waals surface area contributed by atoms with Crippen molar-refractivity contribution >= 4 is 5.91 Å². The van der Waals surface area contributed by atoms with Crippen LogP contribution in [-0.4, -0.2) is 30.2 Å². The number of hydrogen-bond acceptors (Lipinski definition) is 3. The van der Waals surface area contributed by atoms with Crippen molar-refractivity contribution in [1.82, 2.24) is 5.32 Å². The molecule has 0 spiro atoms. The summed E-state index contributed by atoms with van der Waals surface area (Å²) in [5.41, 5.74) is 6.13. The lowest BCUT2D eigenvalue weighted by molar-refractivity contribution is -0.129. The maximum Gasteiger partial charge on any atom is 0.223 e. The smallest absolute Gasteiger partial charge is 0.223 e. The molecular formula is C15H26N2O2. The van der Waals surface area contributed by atoms with Gasteiger partial charge in [-0.05, 0) is 43.9 Å². The lowest BCUT2D eigenvalue weighted by Gasteiger charge is -2.37. The first-order valence-corrected chi connectivity index (χ1v) is 7.76. The first-order chi connectivity index (χ1) is 9.04. The van der Waals surface area contributed by atoms with Crippen LogP contribution in [0.25, 0.3) is 0 Å². The molecule has 3 N–H and O–H groups in total. The Morgan fingerprint density at radius 3 is 2.58 bits per heavy atom. The van der Waals surface area contributed by atoms with E-state index in [0.29, 0.717) is 17.9 Å². The highest BCUT2D eigenvalue weighted by atomic mass is 16.5. The van der Waals surface area contributed by atoms with Gasteiger partial charge in [0.2, 0.25) is 5.91 Å². The van der Waals surface area contributed by atoms with Gasteiger partial charge in [0.15, 0.2) is 0 Å². The van der Waals surface area contributed by atoms with E-state index in [-0.39, 0.29) is 30.0 Å². The van der Waals surface area contributed by atoms with Crippen molar-refractivity contribution in [3.05, 3.63) is 0 Å². The van der Waals surface area contributed by atoms with E-state index in [1.54, 1.807) is 0 Å². The minimum atomic E-state index is 0.0883. The number of hydrogen-bond donors (Lipinski definition) is 2. The second-order valence-electron chi connectivity index (χ2n) is 6.92. The molecule has 3 fully saturated rings. The number of ether oxygens (including phenoxy) is 1. The molecular weight excluding hydrogens is 240 g/mol. The molecule has 4 nitrogen and oxygen atoms in total. The van der Waals surface area contributed by atoms with Crippen LogP contribution in [0.3, 0.4) is 0 Å². The molecule has 1 aliphatic carbocycles. The minimum Gasteiger partial charge on any atom is -0.373 e. The highest BCUT2D eigenvalue weighted by Gasteiger charge is 2.43. The van der Waals surface area contributed by atoms with Crippen LogP contribution in [0.5, 0.6) is 0 Å². The molecule has 2 bridgehead atoms. The van der Waals surface area contributed by atoms with Crippen LogP contribution < -0.4 is 11.1 Å². The van der Waals surface area contributed by atoms with Crippen LogP contribution in [0.1, 0.15) is 46.0 Å². The summed E-state index contributed by atoms with van der Waals surface area (Å²) in [5, 5.41) is 3.23. The van der Waals surface area contributed by atoms with Gasteiger partial charge in [0, 0.05) is 12.0 Å². The molecule has 19 heavy (non-hydrogen) atoms. The fourth-order valence-electron chi connectivity index (χ4n) is 4.13. The number of carbonyl (C=O) groups is 1. The number of nitrogens with two attached hydrogens (primary N) is 1. The van der Waals surface area contributed by atoms with Gasteiger partial charge < -0.3 is 15.8 Å². The van der Waals surface area contributed by atoms with Crippen molar-refractivity contribution in [2.45, 2.75) is 70.2 Å². The van der Waals surface area contributed by atoms with Crippen LogP contribution in [0.15, 0.2) is 0 Å². The predicted molar refractivity (Wildman–Crippen MR) is 73.5 cm³/mol. The molecule has 3 rings (SSSR count). The normalized spacial score (nSPS) is 49.3. The van der Waals surface area contributed by atoms with E-state index in [1.165, 1.54) is 6.42 Å². The second-order valence-corrected chi connectivity index (χ2v) is 6.92. The Morgan fingerprint density at radius 1 is 1.16 bits per heavy atom. The molecule has 3 aliphatic rings. The Bertz CT molecular complexity index is 360. The van der Waals surface area contributed by atoms with E-state index >= 15 is 0 Å². The van der Waals surface area contributed by atoms with Crippen molar-refractivity contribution in [3.63, 3.8) is 0 Å². The highest BCUT2D eigenvalue weighted by Crippen LogP contribution is 2.36. The molecule has 7 unspecified atom stereocenters. The van der Waals surface area contributed by atoms with Crippen molar-refractivity contribution < 1.29 is 9.53 Å². The van der Waals surface area contributed by atoms with Gasteiger partial charge in [0.25, 0.3) is 0 Å². The highest BCUT2D eigenvalue weighted by molar-refractivity contribution is 5.79. The zero-order valence-corrected chi connectivity index (χ0v) is 12.0. The Kier molecular flexibility index (Phi) is 3.56. The van der Waals surface area contributed by atoms with E-state index < -0.39 is 0 Å². The number of rotatable bonds is 2. The maximum atomic E-state index is 12.5. The van der Waals surface area contributed by atoms with E-state index in [0.717, 1.165) is 25.7 Å². The minimum absolute atomic E-state index is 0.0883. The first-order valence-electron chi connectivity index (χ1n) is 7.76. The summed E-state index contributed by atoms with van der Waals surface area (Å²) in [6.07, 6.45) is 5.82.